The molecule has 1 nitrogen and oxygen atoms in total. The molecule has 1 aromatic carbocycles. The van der Waals surface area contributed by atoms with Gasteiger partial charge in [0.25, 0.3) is 0 Å². The summed E-state index contributed by atoms with van der Waals surface area (Å²) < 4.78 is 0. The third-order valence-electron chi connectivity index (χ3n) is 2.05. The maximum Gasteiger partial charge on any atom is 0.0814 e. The van der Waals surface area contributed by atoms with E-state index >= 15 is 0 Å². The van der Waals surface area contributed by atoms with Crippen molar-refractivity contribution in [2.75, 3.05) is 11.4 Å². The highest BCUT2D eigenvalue weighted by molar-refractivity contribution is 5.75. The fraction of sp³-hybridized carbons (Fsp3) is 0.455. The Balaban J connectivity index is 0.00000144. The lowest BCUT2D eigenvalue weighted by atomic mass is 10.2. The lowest BCUT2D eigenvalue weighted by molar-refractivity contribution is 0.704. The van der Waals surface area contributed by atoms with Crippen LogP contribution in [-0.2, 0) is 0 Å². The first-order valence-electron chi connectivity index (χ1n) is 4.57. The highest BCUT2D eigenvalue weighted by Gasteiger charge is 2.05. The normalized spacial score (nSPS) is 9.54. The van der Waals surface area contributed by atoms with Gasteiger partial charge >= 0.3 is 0 Å². The van der Waals surface area contributed by atoms with Crippen molar-refractivity contribution in [1.82, 2.24) is 0 Å². The topological polar surface area (TPSA) is 3.24 Å². The number of nitrogens with zero attached hydrogens (tertiary/aromatic N) is 1. The fourth-order valence-corrected chi connectivity index (χ4v) is 1.47. The molecule has 0 unspecified atom stereocenters. The van der Waals surface area contributed by atoms with Crippen molar-refractivity contribution in [2.45, 2.75) is 26.8 Å². The Hall–Kier alpha value is -0.915. The SMILES string of the molecule is B.CCN(c1ccccc1)C(C)C. The van der Waals surface area contributed by atoms with Crippen molar-refractivity contribution in [1.29, 1.82) is 0 Å². The Bertz CT molecular complexity index is 221. The molecule has 0 saturated heterocycles. The summed E-state index contributed by atoms with van der Waals surface area (Å²) in [6.07, 6.45) is 0. The predicted octanol–water partition coefficient (Wildman–Crippen LogP) is 1.74. The molecule has 0 aliphatic carbocycles. The number of hydrogen-bond donors (Lipinski definition) is 0. The number of para-hydroxylation sites is 1. The molecule has 0 saturated carbocycles. The molecule has 13 heavy (non-hydrogen) atoms. The third kappa shape index (κ3) is 3.13. The molecule has 0 aromatic heterocycles. The number of anilines is 1. The van der Waals surface area contributed by atoms with Crippen LogP contribution >= 0.6 is 0 Å². The molecule has 2 heteroatoms. The van der Waals surface area contributed by atoms with Gasteiger partial charge in [-0.15, -0.1) is 0 Å². The molecule has 0 aliphatic heterocycles. The van der Waals surface area contributed by atoms with E-state index in [2.05, 4.69) is 56.0 Å². The summed E-state index contributed by atoms with van der Waals surface area (Å²) >= 11 is 0. The smallest absolute Gasteiger partial charge is 0.0814 e. The Labute approximate surface area is 83.3 Å². The van der Waals surface area contributed by atoms with E-state index in [1.807, 2.05) is 0 Å². The van der Waals surface area contributed by atoms with E-state index in [0.29, 0.717) is 6.04 Å². The predicted molar refractivity (Wildman–Crippen MR) is 64.5 cm³/mol. The van der Waals surface area contributed by atoms with Gasteiger partial charge < -0.3 is 4.90 Å². The average molecular weight is 177 g/mol. The molecule has 0 N–H and O–H groups in total. The second kappa shape index (κ2) is 5.68. The largest absolute Gasteiger partial charge is 0.369 e. The third-order valence-corrected chi connectivity index (χ3v) is 2.05. The van der Waals surface area contributed by atoms with Crippen LogP contribution < -0.4 is 4.90 Å². The van der Waals surface area contributed by atoms with Crippen LogP contribution in [0.25, 0.3) is 0 Å². The van der Waals surface area contributed by atoms with Crippen LogP contribution in [0.1, 0.15) is 20.8 Å². The van der Waals surface area contributed by atoms with E-state index in [1.54, 1.807) is 0 Å². The van der Waals surface area contributed by atoms with Gasteiger partial charge in [-0.05, 0) is 32.9 Å². The van der Waals surface area contributed by atoms with E-state index in [0.717, 1.165) is 6.54 Å². The van der Waals surface area contributed by atoms with Gasteiger partial charge in [0.05, 0.1) is 8.41 Å². The zero-order chi connectivity index (χ0) is 8.97. The van der Waals surface area contributed by atoms with E-state index in [9.17, 15) is 0 Å². The minimum atomic E-state index is 0. The van der Waals surface area contributed by atoms with Crippen molar-refractivity contribution >= 4 is 14.1 Å². The summed E-state index contributed by atoms with van der Waals surface area (Å²) in [7, 11) is 0. The summed E-state index contributed by atoms with van der Waals surface area (Å²) in [5.74, 6) is 0. The maximum atomic E-state index is 2.38. The quantitative estimate of drug-likeness (QED) is 0.635. The van der Waals surface area contributed by atoms with Gasteiger partial charge in [-0.25, -0.2) is 0 Å². The molecule has 0 heterocycles. The molecular weight excluding hydrogens is 157 g/mol. The van der Waals surface area contributed by atoms with Gasteiger partial charge in [0.2, 0.25) is 0 Å². The van der Waals surface area contributed by atoms with Crippen LogP contribution in [0.5, 0.6) is 0 Å². The molecule has 0 atom stereocenters. The first-order chi connectivity index (χ1) is 5.75. The van der Waals surface area contributed by atoms with Crippen LogP contribution in [-0.4, -0.2) is 21.0 Å². The number of hydrogen-bond acceptors (Lipinski definition) is 1. The second-order valence-electron chi connectivity index (χ2n) is 3.22. The minimum absolute atomic E-state index is 0. The maximum absolute atomic E-state index is 2.38. The monoisotopic (exact) mass is 177 g/mol. The van der Waals surface area contributed by atoms with Gasteiger partial charge in [-0.2, -0.15) is 0 Å². The number of rotatable bonds is 3. The van der Waals surface area contributed by atoms with Crippen LogP contribution in [0.3, 0.4) is 0 Å². The lowest BCUT2D eigenvalue weighted by Crippen LogP contribution is -2.30. The highest BCUT2D eigenvalue weighted by Crippen LogP contribution is 2.15. The molecule has 1 aromatic rings. The molecule has 0 bridgehead atoms. The first kappa shape index (κ1) is 12.1. The van der Waals surface area contributed by atoms with Gasteiger partial charge in [0.1, 0.15) is 0 Å². The van der Waals surface area contributed by atoms with Gasteiger partial charge in [0.15, 0.2) is 0 Å². The molecule has 0 spiro atoms. The Morgan fingerprint density at radius 3 is 2.08 bits per heavy atom. The van der Waals surface area contributed by atoms with Crippen molar-refractivity contribution in [3.8, 4) is 0 Å². The molecule has 0 aliphatic rings. The summed E-state index contributed by atoms with van der Waals surface area (Å²) in [4.78, 5) is 2.38. The summed E-state index contributed by atoms with van der Waals surface area (Å²) in [5, 5.41) is 0. The fourth-order valence-electron chi connectivity index (χ4n) is 1.47. The van der Waals surface area contributed by atoms with Crippen LogP contribution in [0.4, 0.5) is 5.69 Å². The standard InChI is InChI=1S/C11H17N.BH3/c1-4-12(10(2)3)11-8-6-5-7-9-11;/h5-10H,4H2,1-3H3;1H3. The second-order valence-corrected chi connectivity index (χ2v) is 3.22. The van der Waals surface area contributed by atoms with Gasteiger partial charge in [0, 0.05) is 18.3 Å². The average Bonchev–Trinajstić information content (AvgIpc) is 2.07. The first-order valence-corrected chi connectivity index (χ1v) is 4.57. The van der Waals surface area contributed by atoms with Crippen molar-refractivity contribution in [2.24, 2.45) is 0 Å². The van der Waals surface area contributed by atoms with Crippen molar-refractivity contribution in [3.05, 3.63) is 30.3 Å². The highest BCUT2D eigenvalue weighted by atomic mass is 15.1. The minimum Gasteiger partial charge on any atom is -0.369 e. The molecule has 0 fully saturated rings. The van der Waals surface area contributed by atoms with Gasteiger partial charge in [-0.1, -0.05) is 18.2 Å². The van der Waals surface area contributed by atoms with E-state index in [4.69, 9.17) is 0 Å². The molecule has 0 amide bonds. The van der Waals surface area contributed by atoms with Crippen LogP contribution in [0.15, 0.2) is 30.3 Å². The lowest BCUT2D eigenvalue weighted by Gasteiger charge is -2.27. The summed E-state index contributed by atoms with van der Waals surface area (Å²) in [6.45, 7) is 7.70. The van der Waals surface area contributed by atoms with Gasteiger partial charge in [-0.3, -0.25) is 0 Å². The zero-order valence-corrected chi connectivity index (χ0v) is 8.12. The van der Waals surface area contributed by atoms with E-state index < -0.39 is 0 Å². The van der Waals surface area contributed by atoms with Crippen molar-refractivity contribution in [3.63, 3.8) is 0 Å². The van der Waals surface area contributed by atoms with E-state index in [1.165, 1.54) is 5.69 Å². The molecule has 72 valence electrons. The van der Waals surface area contributed by atoms with Crippen LogP contribution in [0, 0.1) is 0 Å². The molecular formula is C11H20BN. The van der Waals surface area contributed by atoms with Crippen molar-refractivity contribution < 1.29 is 0 Å². The zero-order valence-electron chi connectivity index (χ0n) is 8.12. The molecule has 0 radical (unpaired) electrons. The van der Waals surface area contributed by atoms with E-state index in [-0.39, 0.29) is 8.41 Å². The summed E-state index contributed by atoms with van der Waals surface area (Å²) in [5.41, 5.74) is 1.31. The summed E-state index contributed by atoms with van der Waals surface area (Å²) in [6, 6.07) is 11.1. The Kier molecular flexibility index (Phi) is 5.28. The molecule has 1 rings (SSSR count). The van der Waals surface area contributed by atoms with Crippen LogP contribution in [0.2, 0.25) is 0 Å². The Morgan fingerprint density at radius 2 is 1.69 bits per heavy atom. The number of benzene rings is 1. The Morgan fingerprint density at radius 1 is 1.15 bits per heavy atom.